The first-order valence-corrected chi connectivity index (χ1v) is 14.1. The van der Waals surface area contributed by atoms with E-state index in [9.17, 15) is 4.79 Å². The lowest BCUT2D eigenvalue weighted by atomic mass is 10.0. The molecule has 0 atom stereocenters. The average Bonchev–Trinajstić information content (AvgIpc) is 3.42. The second-order valence-corrected chi connectivity index (χ2v) is 11.2. The molecule has 1 amide bonds. The van der Waals surface area contributed by atoms with Crippen LogP contribution in [-0.4, -0.2) is 53.2 Å². The third kappa shape index (κ3) is 4.24. The van der Waals surface area contributed by atoms with Gasteiger partial charge in [-0.3, -0.25) is 14.6 Å². The molecule has 7 heteroatoms. The lowest BCUT2D eigenvalue weighted by molar-refractivity contribution is -0.113. The molecule has 0 spiro atoms. The van der Waals surface area contributed by atoms with E-state index in [0.717, 1.165) is 65.2 Å². The largest absolute Gasteiger partial charge is 0.354 e. The minimum atomic E-state index is 0.0134. The fraction of sp³-hybridized carbons (Fsp3) is 0.212. The highest BCUT2D eigenvalue weighted by atomic mass is 35.5. The molecule has 6 nitrogen and oxygen atoms in total. The summed E-state index contributed by atoms with van der Waals surface area (Å²) in [6.45, 7) is 6.07. The monoisotopic (exact) mass is 547 g/mol. The Bertz CT molecular complexity index is 1820. The zero-order chi connectivity index (χ0) is 27.4. The molecule has 4 heterocycles. The van der Waals surface area contributed by atoms with Gasteiger partial charge in [-0.05, 0) is 48.9 Å². The van der Waals surface area contributed by atoms with E-state index < -0.39 is 0 Å². The predicted octanol–water partition coefficient (Wildman–Crippen LogP) is 6.36. The van der Waals surface area contributed by atoms with Crippen molar-refractivity contribution in [2.45, 2.75) is 6.92 Å². The molecule has 0 bridgehead atoms. The second kappa shape index (κ2) is 9.81. The van der Waals surface area contributed by atoms with Crippen molar-refractivity contribution in [3.63, 3.8) is 0 Å². The Hall–Kier alpha value is -4.13. The highest BCUT2D eigenvalue weighted by molar-refractivity contribution is 6.37. The van der Waals surface area contributed by atoms with E-state index in [2.05, 4.69) is 63.9 Å². The lowest BCUT2D eigenvalue weighted by Gasteiger charge is -2.37. The predicted molar refractivity (Wildman–Crippen MR) is 165 cm³/mol. The van der Waals surface area contributed by atoms with Gasteiger partial charge in [-0.2, -0.15) is 0 Å². The zero-order valence-corrected chi connectivity index (χ0v) is 23.4. The molecule has 5 aromatic rings. The first-order valence-electron chi connectivity index (χ1n) is 13.7. The van der Waals surface area contributed by atoms with Crippen LogP contribution in [0.15, 0.2) is 79.0 Å². The summed E-state index contributed by atoms with van der Waals surface area (Å²) in [7, 11) is 2.04. The summed E-state index contributed by atoms with van der Waals surface area (Å²) < 4.78 is 2.10. The van der Waals surface area contributed by atoms with Crippen LogP contribution in [0.2, 0.25) is 5.02 Å². The van der Waals surface area contributed by atoms with Crippen LogP contribution >= 0.6 is 11.6 Å². The number of nitrogens with zero attached hydrogens (tertiary/aromatic N) is 5. The van der Waals surface area contributed by atoms with E-state index in [4.69, 9.17) is 16.6 Å². The van der Waals surface area contributed by atoms with E-state index in [-0.39, 0.29) is 5.91 Å². The van der Waals surface area contributed by atoms with Crippen molar-refractivity contribution in [3.05, 3.63) is 101 Å². The molecule has 0 saturated carbocycles. The first-order chi connectivity index (χ1) is 19.5. The van der Waals surface area contributed by atoms with Gasteiger partial charge in [-0.15, -0.1) is 0 Å². The highest BCUT2D eigenvalue weighted by Gasteiger charge is 2.34. The van der Waals surface area contributed by atoms with Gasteiger partial charge in [0, 0.05) is 77.4 Å². The number of carbonyl (C=O) groups is 1. The molecule has 200 valence electrons. The summed E-state index contributed by atoms with van der Waals surface area (Å²) >= 11 is 6.42. The number of hydrogen-bond donors (Lipinski definition) is 0. The number of amides is 1. The summed E-state index contributed by atoms with van der Waals surface area (Å²) in [5.74, 6) is 1.03. The molecular formula is C33H30ClN5O. The molecule has 0 radical (unpaired) electrons. The summed E-state index contributed by atoms with van der Waals surface area (Å²) in [4.78, 5) is 25.4. The van der Waals surface area contributed by atoms with E-state index in [1.807, 2.05) is 54.4 Å². The molecule has 7 rings (SSSR count). The Balaban J connectivity index is 1.13. The van der Waals surface area contributed by atoms with Crippen LogP contribution in [0, 0.1) is 6.92 Å². The maximum absolute atomic E-state index is 13.9. The first kappa shape index (κ1) is 24.9. The fourth-order valence-corrected chi connectivity index (χ4v) is 6.23. The highest BCUT2D eigenvalue weighted by Crippen LogP contribution is 2.40. The maximum Gasteiger partial charge on any atom is 0.260 e. The zero-order valence-electron chi connectivity index (χ0n) is 22.6. The van der Waals surface area contributed by atoms with Gasteiger partial charge in [0.1, 0.15) is 5.82 Å². The molecule has 2 aliphatic rings. The quantitative estimate of drug-likeness (QED) is 0.246. The molecule has 2 aliphatic heterocycles. The Labute approximate surface area is 238 Å². The molecule has 0 aliphatic carbocycles. The molecule has 2 aromatic heterocycles. The number of fused-ring (bicyclic) bond motifs is 3. The number of pyridine rings is 1. The third-order valence-electron chi connectivity index (χ3n) is 8.19. The van der Waals surface area contributed by atoms with Gasteiger partial charge in [0.2, 0.25) is 0 Å². The van der Waals surface area contributed by atoms with Gasteiger partial charge in [-0.25, -0.2) is 4.98 Å². The van der Waals surface area contributed by atoms with E-state index in [1.165, 1.54) is 10.9 Å². The Morgan fingerprint density at radius 1 is 0.925 bits per heavy atom. The summed E-state index contributed by atoms with van der Waals surface area (Å²) in [6.07, 6.45) is 4.12. The van der Waals surface area contributed by atoms with Gasteiger partial charge < -0.3 is 9.47 Å². The number of anilines is 2. The number of benzene rings is 3. The van der Waals surface area contributed by atoms with Crippen LogP contribution in [-0.2, 0) is 11.8 Å². The second-order valence-electron chi connectivity index (χ2n) is 10.7. The molecular weight excluding hydrogens is 518 g/mol. The van der Waals surface area contributed by atoms with Crippen LogP contribution in [0.25, 0.3) is 33.5 Å². The summed E-state index contributed by atoms with van der Waals surface area (Å²) in [5, 5.41) is 2.96. The SMILES string of the molecule is Cc1cc(N2CCN(CN3C(=O)C(=Cc4cn(C)c5ccccc45)c4ccc(Cl)cc43)CC2)nc2ccccc12. The standard InChI is InChI=1S/C33H30ClN5O/c1-22-17-32(35-29-9-5-3-7-25(22)29)38-15-13-37(14-16-38)21-39-31-19-24(34)11-12-27(31)28(33(39)40)18-23-20-36(2)30-10-6-4-8-26(23)30/h3-12,17-20H,13-16,21H2,1-2H3. The molecule has 0 N–H and O–H groups in total. The van der Waals surface area contributed by atoms with Crippen LogP contribution in [0.4, 0.5) is 11.5 Å². The number of hydrogen-bond acceptors (Lipinski definition) is 4. The van der Waals surface area contributed by atoms with Crippen LogP contribution in [0.3, 0.4) is 0 Å². The number of piperazine rings is 1. The molecule has 0 unspecified atom stereocenters. The van der Waals surface area contributed by atoms with Crippen molar-refractivity contribution >= 4 is 62.5 Å². The number of aromatic nitrogens is 2. The number of para-hydroxylation sites is 2. The molecule has 1 fully saturated rings. The van der Waals surface area contributed by atoms with Crippen molar-refractivity contribution in [1.82, 2.24) is 14.5 Å². The normalized spacial score (nSPS) is 17.0. The van der Waals surface area contributed by atoms with E-state index in [1.54, 1.807) is 0 Å². The molecule has 40 heavy (non-hydrogen) atoms. The minimum absolute atomic E-state index is 0.0134. The van der Waals surface area contributed by atoms with Gasteiger partial charge in [0.25, 0.3) is 5.91 Å². The average molecular weight is 548 g/mol. The van der Waals surface area contributed by atoms with Crippen LogP contribution in [0.1, 0.15) is 16.7 Å². The minimum Gasteiger partial charge on any atom is -0.354 e. The van der Waals surface area contributed by atoms with Gasteiger partial charge >= 0.3 is 0 Å². The van der Waals surface area contributed by atoms with Crippen LogP contribution < -0.4 is 9.80 Å². The van der Waals surface area contributed by atoms with Crippen LogP contribution in [0.5, 0.6) is 0 Å². The Morgan fingerprint density at radius 3 is 2.50 bits per heavy atom. The number of carbonyl (C=O) groups excluding carboxylic acids is 1. The van der Waals surface area contributed by atoms with Crippen molar-refractivity contribution in [2.75, 3.05) is 42.6 Å². The summed E-state index contributed by atoms with van der Waals surface area (Å²) in [5.41, 5.74) is 6.96. The van der Waals surface area contributed by atoms with Gasteiger partial charge in [0.05, 0.1) is 17.9 Å². The summed E-state index contributed by atoms with van der Waals surface area (Å²) in [6, 6.07) is 24.5. The molecule has 3 aromatic carbocycles. The van der Waals surface area contributed by atoms with E-state index >= 15 is 0 Å². The maximum atomic E-state index is 13.9. The van der Waals surface area contributed by atoms with Crippen molar-refractivity contribution in [2.24, 2.45) is 7.05 Å². The van der Waals surface area contributed by atoms with Crippen molar-refractivity contribution in [1.29, 1.82) is 0 Å². The number of rotatable bonds is 4. The van der Waals surface area contributed by atoms with Gasteiger partial charge in [0.15, 0.2) is 0 Å². The van der Waals surface area contributed by atoms with Crippen molar-refractivity contribution in [3.8, 4) is 0 Å². The lowest BCUT2D eigenvalue weighted by Crippen LogP contribution is -2.51. The Morgan fingerprint density at radius 2 is 1.68 bits per heavy atom. The fourth-order valence-electron chi connectivity index (χ4n) is 6.06. The van der Waals surface area contributed by atoms with E-state index in [0.29, 0.717) is 17.3 Å². The topological polar surface area (TPSA) is 44.6 Å². The molecule has 1 saturated heterocycles. The van der Waals surface area contributed by atoms with Crippen molar-refractivity contribution < 1.29 is 4.79 Å². The van der Waals surface area contributed by atoms with Gasteiger partial charge in [-0.1, -0.05) is 54.1 Å². The number of halogens is 1. The number of aryl methyl sites for hydroxylation is 2. The third-order valence-corrected chi connectivity index (χ3v) is 8.43. The smallest absolute Gasteiger partial charge is 0.260 e. The Kier molecular flexibility index (Phi) is 6.10.